The van der Waals surface area contributed by atoms with Crippen LogP contribution in [0.1, 0.15) is 21.5 Å². The molecule has 1 N–H and O–H groups in total. The molecule has 0 aromatic heterocycles. The molecule has 1 aliphatic heterocycles. The average molecular weight is 324 g/mol. The summed E-state index contributed by atoms with van der Waals surface area (Å²) in [7, 11) is 1.27. The molecule has 7 heteroatoms. The molecule has 0 atom stereocenters. The topological polar surface area (TPSA) is 98.5 Å². The molecule has 0 saturated carbocycles. The van der Waals surface area contributed by atoms with Crippen molar-refractivity contribution >= 4 is 34.9 Å². The summed E-state index contributed by atoms with van der Waals surface area (Å²) in [4.78, 5) is 34.4. The highest BCUT2D eigenvalue weighted by molar-refractivity contribution is 6.35. The number of carbonyl (C=O) groups excluding carboxylic acids is 2. The zero-order valence-corrected chi connectivity index (χ0v) is 12.6. The number of nitro groups is 1. The number of ether oxygens (including phenoxy) is 1. The number of nitro benzene ring substituents is 1. The van der Waals surface area contributed by atoms with Gasteiger partial charge in [-0.1, -0.05) is 18.2 Å². The van der Waals surface area contributed by atoms with Crippen molar-refractivity contribution in [3.8, 4) is 0 Å². The molecule has 0 aliphatic carbocycles. The first-order valence-electron chi connectivity index (χ1n) is 7.00. The van der Waals surface area contributed by atoms with E-state index in [0.29, 0.717) is 28.0 Å². The van der Waals surface area contributed by atoms with E-state index in [2.05, 4.69) is 10.1 Å². The number of hydrogen-bond donors (Lipinski definition) is 1. The molecule has 0 saturated heterocycles. The van der Waals surface area contributed by atoms with Gasteiger partial charge in [-0.25, -0.2) is 4.79 Å². The molecule has 0 unspecified atom stereocenters. The molecule has 3 rings (SSSR count). The number of hydrogen-bond acceptors (Lipinski definition) is 5. The fourth-order valence-corrected chi connectivity index (χ4v) is 2.51. The number of rotatable bonds is 3. The van der Waals surface area contributed by atoms with E-state index in [1.54, 1.807) is 24.3 Å². The fourth-order valence-electron chi connectivity index (χ4n) is 2.51. The van der Waals surface area contributed by atoms with Crippen molar-refractivity contribution in [2.75, 3.05) is 12.4 Å². The Bertz CT molecular complexity index is 902. The van der Waals surface area contributed by atoms with Crippen molar-refractivity contribution in [2.45, 2.75) is 0 Å². The molecule has 1 heterocycles. The van der Waals surface area contributed by atoms with Crippen LogP contribution < -0.4 is 5.32 Å². The van der Waals surface area contributed by atoms with Crippen molar-refractivity contribution in [1.29, 1.82) is 0 Å². The van der Waals surface area contributed by atoms with Gasteiger partial charge in [0, 0.05) is 22.9 Å². The number of fused-ring (bicyclic) bond motifs is 1. The maximum absolute atomic E-state index is 12.2. The van der Waals surface area contributed by atoms with Crippen LogP contribution in [-0.2, 0) is 9.53 Å². The van der Waals surface area contributed by atoms with Crippen molar-refractivity contribution in [3.05, 3.63) is 69.3 Å². The van der Waals surface area contributed by atoms with E-state index < -0.39 is 10.9 Å². The minimum absolute atomic E-state index is 0.0857. The summed E-state index contributed by atoms with van der Waals surface area (Å²) in [6.45, 7) is 0. The summed E-state index contributed by atoms with van der Waals surface area (Å²) in [5, 5.41) is 13.8. The first kappa shape index (κ1) is 15.4. The molecular weight excluding hydrogens is 312 g/mol. The maximum atomic E-state index is 12.2. The van der Waals surface area contributed by atoms with Crippen LogP contribution >= 0.6 is 0 Å². The zero-order chi connectivity index (χ0) is 17.3. The third-order valence-corrected chi connectivity index (χ3v) is 3.66. The Balaban J connectivity index is 2.08. The number of nitrogens with one attached hydrogen (secondary N) is 1. The number of carbonyl (C=O) groups is 2. The second-order valence-corrected chi connectivity index (χ2v) is 5.08. The number of benzene rings is 2. The molecule has 0 radical (unpaired) electrons. The highest BCUT2D eigenvalue weighted by Crippen LogP contribution is 2.35. The quantitative estimate of drug-likeness (QED) is 0.405. The lowest BCUT2D eigenvalue weighted by Gasteiger charge is -2.03. The summed E-state index contributed by atoms with van der Waals surface area (Å²) >= 11 is 0. The summed E-state index contributed by atoms with van der Waals surface area (Å²) < 4.78 is 4.65. The van der Waals surface area contributed by atoms with Gasteiger partial charge in [-0.15, -0.1) is 0 Å². The second-order valence-electron chi connectivity index (χ2n) is 5.08. The van der Waals surface area contributed by atoms with Crippen molar-refractivity contribution in [3.63, 3.8) is 0 Å². The van der Waals surface area contributed by atoms with Gasteiger partial charge in [0.05, 0.1) is 23.2 Å². The largest absolute Gasteiger partial charge is 0.465 e. The fraction of sp³-hybridized carbons (Fsp3) is 0.0588. The van der Waals surface area contributed by atoms with E-state index in [4.69, 9.17) is 0 Å². The third-order valence-electron chi connectivity index (χ3n) is 3.66. The van der Waals surface area contributed by atoms with Crippen LogP contribution in [0.2, 0.25) is 0 Å². The Morgan fingerprint density at radius 1 is 1.25 bits per heavy atom. The van der Waals surface area contributed by atoms with Gasteiger partial charge in [-0.05, 0) is 24.3 Å². The minimum atomic E-state index is -0.511. The maximum Gasteiger partial charge on any atom is 0.337 e. The van der Waals surface area contributed by atoms with Crippen molar-refractivity contribution < 1.29 is 19.2 Å². The van der Waals surface area contributed by atoms with Crippen molar-refractivity contribution in [1.82, 2.24) is 0 Å². The van der Waals surface area contributed by atoms with Gasteiger partial charge in [-0.3, -0.25) is 14.9 Å². The zero-order valence-electron chi connectivity index (χ0n) is 12.6. The van der Waals surface area contributed by atoms with E-state index in [0.717, 1.165) is 0 Å². The van der Waals surface area contributed by atoms with Gasteiger partial charge >= 0.3 is 5.97 Å². The summed E-state index contributed by atoms with van der Waals surface area (Å²) in [5.41, 5.74) is 1.90. The summed E-state index contributed by atoms with van der Waals surface area (Å²) in [6, 6.07) is 10.8. The minimum Gasteiger partial charge on any atom is -0.465 e. The van der Waals surface area contributed by atoms with Crippen LogP contribution in [0.3, 0.4) is 0 Å². The lowest BCUT2D eigenvalue weighted by atomic mass is 10.0. The predicted molar refractivity (Wildman–Crippen MR) is 87.4 cm³/mol. The van der Waals surface area contributed by atoms with Crippen LogP contribution in [0.4, 0.5) is 11.4 Å². The average Bonchev–Trinajstić information content (AvgIpc) is 2.89. The van der Waals surface area contributed by atoms with Gasteiger partial charge < -0.3 is 10.1 Å². The Morgan fingerprint density at radius 3 is 2.71 bits per heavy atom. The van der Waals surface area contributed by atoms with E-state index in [-0.39, 0.29) is 11.6 Å². The van der Waals surface area contributed by atoms with E-state index >= 15 is 0 Å². The van der Waals surface area contributed by atoms with Crippen molar-refractivity contribution in [2.24, 2.45) is 0 Å². The third kappa shape index (κ3) is 2.63. The van der Waals surface area contributed by atoms with Gasteiger partial charge in [-0.2, -0.15) is 0 Å². The monoisotopic (exact) mass is 324 g/mol. The second kappa shape index (κ2) is 5.96. The molecule has 0 fully saturated rings. The van der Waals surface area contributed by atoms with Crippen LogP contribution in [0.5, 0.6) is 0 Å². The predicted octanol–water partition coefficient (Wildman–Crippen LogP) is 2.87. The molecule has 2 aromatic carbocycles. The lowest BCUT2D eigenvalue weighted by Crippen LogP contribution is -2.04. The number of para-hydroxylation sites is 1. The van der Waals surface area contributed by atoms with Crippen LogP contribution in [0, 0.1) is 10.1 Å². The first-order valence-corrected chi connectivity index (χ1v) is 7.00. The van der Waals surface area contributed by atoms with Crippen LogP contribution in [0.15, 0.2) is 42.5 Å². The number of amides is 1. The van der Waals surface area contributed by atoms with Gasteiger partial charge in [0.15, 0.2) is 0 Å². The molecule has 24 heavy (non-hydrogen) atoms. The summed E-state index contributed by atoms with van der Waals surface area (Å²) in [6.07, 6.45) is 1.47. The summed E-state index contributed by atoms with van der Waals surface area (Å²) in [5.74, 6) is -0.895. The smallest absolute Gasteiger partial charge is 0.337 e. The molecule has 1 aliphatic rings. The molecule has 120 valence electrons. The normalized spacial score (nSPS) is 14.2. The number of nitrogens with zero attached hydrogens (tertiary/aromatic N) is 1. The van der Waals surface area contributed by atoms with E-state index in [9.17, 15) is 19.7 Å². The molecule has 7 nitrogen and oxygen atoms in total. The Hall–Kier alpha value is -3.48. The standard InChI is InChI=1S/C17H12N2O5/c1-24-17(21)11-6-7-12-13(16(20)18-14(12)9-11)8-10-4-2-3-5-15(10)19(22)23/h2-9H,1H3,(H,18,20)/b13-8+. The highest BCUT2D eigenvalue weighted by atomic mass is 16.6. The molecule has 0 bridgehead atoms. The van der Waals surface area contributed by atoms with Gasteiger partial charge in [0.25, 0.3) is 11.6 Å². The number of methoxy groups -OCH3 is 1. The van der Waals surface area contributed by atoms with E-state index in [1.807, 2.05) is 0 Å². The van der Waals surface area contributed by atoms with Gasteiger partial charge in [0.2, 0.25) is 0 Å². The van der Waals surface area contributed by atoms with Crippen LogP contribution in [0.25, 0.3) is 11.6 Å². The highest BCUT2D eigenvalue weighted by Gasteiger charge is 2.26. The number of anilines is 1. The number of esters is 1. The van der Waals surface area contributed by atoms with Crippen LogP contribution in [-0.4, -0.2) is 23.9 Å². The Labute approximate surface area is 136 Å². The van der Waals surface area contributed by atoms with E-state index in [1.165, 1.54) is 31.4 Å². The van der Waals surface area contributed by atoms with Gasteiger partial charge in [0.1, 0.15) is 0 Å². The Kier molecular flexibility index (Phi) is 3.83. The SMILES string of the molecule is COC(=O)c1ccc2c(c1)NC(=O)/C2=C/c1ccccc1[N+](=O)[O-]. The molecular formula is C17H12N2O5. The Morgan fingerprint density at radius 2 is 2.00 bits per heavy atom. The molecule has 1 amide bonds. The molecule has 2 aromatic rings. The first-order chi connectivity index (χ1) is 11.5. The lowest BCUT2D eigenvalue weighted by molar-refractivity contribution is -0.385. The molecule has 0 spiro atoms.